The van der Waals surface area contributed by atoms with Gasteiger partial charge in [0.1, 0.15) is 11.3 Å². The molecule has 22 heavy (non-hydrogen) atoms. The Morgan fingerprint density at radius 1 is 1.45 bits per heavy atom. The van der Waals surface area contributed by atoms with Crippen molar-refractivity contribution in [2.45, 2.75) is 18.9 Å². The Bertz CT molecular complexity index is 692. The Morgan fingerprint density at radius 2 is 2.32 bits per heavy atom. The zero-order valence-electron chi connectivity index (χ0n) is 12.0. The molecule has 116 valence electrons. The molecule has 1 atom stereocenters. The van der Waals surface area contributed by atoms with Gasteiger partial charge in [-0.05, 0) is 37.1 Å². The molecule has 0 saturated carbocycles. The Morgan fingerprint density at radius 3 is 3.14 bits per heavy atom. The molecule has 0 spiro atoms. The Kier molecular flexibility index (Phi) is 4.45. The summed E-state index contributed by atoms with van der Waals surface area (Å²) in [5, 5.41) is 10.7. The number of carbonyl (C=O) groups excluding carboxylic acids is 1. The maximum Gasteiger partial charge on any atom is 0.260 e. The highest BCUT2D eigenvalue weighted by Gasteiger charge is 2.28. The van der Waals surface area contributed by atoms with Gasteiger partial charge < -0.3 is 14.7 Å². The van der Waals surface area contributed by atoms with E-state index in [0.29, 0.717) is 22.8 Å². The molecule has 2 aromatic rings. The first kappa shape index (κ1) is 15.1. The molecule has 0 aliphatic carbocycles. The van der Waals surface area contributed by atoms with Crippen LogP contribution in [0, 0.1) is 0 Å². The number of aliphatic hydroxyl groups excluding tert-OH is 1. The molecule has 3 rings (SSSR count). The molecule has 0 radical (unpaired) electrons. The zero-order valence-corrected chi connectivity index (χ0v) is 12.8. The maximum absolute atomic E-state index is 12.2. The van der Waals surface area contributed by atoms with Gasteiger partial charge in [-0.2, -0.15) is 0 Å². The molecule has 1 aromatic carbocycles. The smallest absolute Gasteiger partial charge is 0.260 e. The topological polar surface area (TPSA) is 62.7 Å². The first-order valence-electron chi connectivity index (χ1n) is 7.27. The van der Waals surface area contributed by atoms with Gasteiger partial charge in [0.05, 0.1) is 17.7 Å². The second kappa shape index (κ2) is 6.50. The summed E-state index contributed by atoms with van der Waals surface area (Å²) in [6.45, 7) is 0.605. The molecule has 6 heteroatoms. The van der Waals surface area contributed by atoms with E-state index in [0.717, 1.165) is 18.2 Å². The number of aliphatic hydroxyl groups is 1. The van der Waals surface area contributed by atoms with Crippen LogP contribution in [-0.4, -0.2) is 46.7 Å². The number of hydrogen-bond donors (Lipinski definition) is 1. The number of rotatable bonds is 4. The van der Waals surface area contributed by atoms with Gasteiger partial charge in [0.25, 0.3) is 5.91 Å². The lowest BCUT2D eigenvalue weighted by molar-refractivity contribution is -0.134. The van der Waals surface area contributed by atoms with Crippen LogP contribution in [0.2, 0.25) is 5.02 Å². The fourth-order valence-corrected chi connectivity index (χ4v) is 3.02. The van der Waals surface area contributed by atoms with Gasteiger partial charge in [0.15, 0.2) is 6.61 Å². The largest absolute Gasteiger partial charge is 0.481 e. The highest BCUT2D eigenvalue weighted by atomic mass is 35.5. The minimum Gasteiger partial charge on any atom is -0.481 e. The lowest BCUT2D eigenvalue weighted by Gasteiger charge is -2.23. The average Bonchev–Trinajstić information content (AvgIpc) is 3.03. The fraction of sp³-hybridized carbons (Fsp3) is 0.375. The van der Waals surface area contributed by atoms with E-state index in [-0.39, 0.29) is 25.2 Å². The number of aromatic nitrogens is 1. The van der Waals surface area contributed by atoms with Crippen molar-refractivity contribution in [3.63, 3.8) is 0 Å². The fourth-order valence-electron chi connectivity index (χ4n) is 2.80. The van der Waals surface area contributed by atoms with Crippen LogP contribution >= 0.6 is 11.6 Å². The van der Waals surface area contributed by atoms with Gasteiger partial charge in [-0.1, -0.05) is 11.6 Å². The molecule has 0 unspecified atom stereocenters. The van der Waals surface area contributed by atoms with E-state index >= 15 is 0 Å². The molecule has 1 fully saturated rings. The van der Waals surface area contributed by atoms with Crippen LogP contribution in [0.4, 0.5) is 0 Å². The van der Waals surface area contributed by atoms with E-state index < -0.39 is 0 Å². The summed E-state index contributed by atoms with van der Waals surface area (Å²) in [5.74, 6) is 0.420. The van der Waals surface area contributed by atoms with E-state index in [1.54, 1.807) is 29.3 Å². The normalized spacial score (nSPS) is 17.9. The lowest BCUT2D eigenvalue weighted by Crippen LogP contribution is -2.40. The number of amides is 1. The molecule has 1 N–H and O–H groups in total. The predicted octanol–water partition coefficient (Wildman–Crippen LogP) is 2.25. The van der Waals surface area contributed by atoms with Crippen LogP contribution < -0.4 is 4.74 Å². The zero-order chi connectivity index (χ0) is 15.5. The standard InChI is InChI=1S/C16H17ClN2O3/c17-13-5-6-14(16-12(13)4-1-7-18-16)22-10-15(21)19-8-2-3-11(19)9-20/h1,4-7,11,20H,2-3,8-10H2/t11-/m1/s1. The summed E-state index contributed by atoms with van der Waals surface area (Å²) in [7, 11) is 0. The Hall–Kier alpha value is -1.85. The third-order valence-electron chi connectivity index (χ3n) is 3.94. The number of carbonyl (C=O) groups is 1. The molecule has 1 aromatic heterocycles. The Labute approximate surface area is 133 Å². The molecule has 1 aliphatic rings. The van der Waals surface area contributed by atoms with Gasteiger partial charge in [-0.25, -0.2) is 0 Å². The van der Waals surface area contributed by atoms with Crippen molar-refractivity contribution in [1.82, 2.24) is 9.88 Å². The van der Waals surface area contributed by atoms with E-state index in [1.165, 1.54) is 0 Å². The number of halogens is 1. The number of nitrogens with zero attached hydrogens (tertiary/aromatic N) is 2. The van der Waals surface area contributed by atoms with Gasteiger partial charge in [0.2, 0.25) is 0 Å². The lowest BCUT2D eigenvalue weighted by atomic mass is 10.2. The van der Waals surface area contributed by atoms with E-state index in [1.807, 2.05) is 6.07 Å². The molecule has 1 saturated heterocycles. The molecular weight excluding hydrogens is 304 g/mol. The summed E-state index contributed by atoms with van der Waals surface area (Å²) >= 11 is 6.13. The molecule has 2 heterocycles. The summed E-state index contributed by atoms with van der Waals surface area (Å²) in [6, 6.07) is 7.04. The van der Waals surface area contributed by atoms with Crippen LogP contribution in [0.1, 0.15) is 12.8 Å². The molecule has 1 amide bonds. The number of benzene rings is 1. The van der Waals surface area contributed by atoms with Crippen LogP contribution in [0.25, 0.3) is 10.9 Å². The van der Waals surface area contributed by atoms with Crippen LogP contribution in [0.15, 0.2) is 30.5 Å². The number of fused-ring (bicyclic) bond motifs is 1. The third kappa shape index (κ3) is 2.87. The van der Waals surface area contributed by atoms with Crippen molar-refractivity contribution in [2.75, 3.05) is 19.8 Å². The Balaban J connectivity index is 1.74. The van der Waals surface area contributed by atoms with Crippen molar-refractivity contribution in [3.8, 4) is 5.75 Å². The summed E-state index contributed by atoms with van der Waals surface area (Å²) in [4.78, 5) is 18.2. The minimum atomic E-state index is -0.115. The van der Waals surface area contributed by atoms with Gasteiger partial charge >= 0.3 is 0 Å². The SMILES string of the molecule is O=C(COc1ccc(Cl)c2cccnc12)N1CCC[C@@H]1CO. The quantitative estimate of drug-likeness (QED) is 0.938. The second-order valence-electron chi connectivity index (χ2n) is 5.30. The predicted molar refractivity (Wildman–Crippen MR) is 84.1 cm³/mol. The van der Waals surface area contributed by atoms with Crippen LogP contribution in [-0.2, 0) is 4.79 Å². The minimum absolute atomic E-state index is 0.00281. The average molecular weight is 321 g/mol. The molecular formula is C16H17ClN2O3. The van der Waals surface area contributed by atoms with Crippen molar-refractivity contribution in [2.24, 2.45) is 0 Å². The van der Waals surface area contributed by atoms with Crippen molar-refractivity contribution >= 4 is 28.4 Å². The number of ether oxygens (including phenoxy) is 1. The van der Waals surface area contributed by atoms with Crippen LogP contribution in [0.3, 0.4) is 0 Å². The van der Waals surface area contributed by atoms with E-state index in [4.69, 9.17) is 16.3 Å². The third-order valence-corrected chi connectivity index (χ3v) is 4.27. The molecule has 5 nitrogen and oxygen atoms in total. The van der Waals surface area contributed by atoms with Crippen molar-refractivity contribution in [3.05, 3.63) is 35.5 Å². The number of pyridine rings is 1. The van der Waals surface area contributed by atoms with Gasteiger partial charge in [-0.3, -0.25) is 9.78 Å². The summed E-state index contributed by atoms with van der Waals surface area (Å²) in [6.07, 6.45) is 3.42. The number of hydrogen-bond acceptors (Lipinski definition) is 4. The summed E-state index contributed by atoms with van der Waals surface area (Å²) in [5.41, 5.74) is 0.642. The van der Waals surface area contributed by atoms with Crippen LogP contribution in [0.5, 0.6) is 5.75 Å². The number of likely N-dealkylation sites (tertiary alicyclic amines) is 1. The second-order valence-corrected chi connectivity index (χ2v) is 5.71. The molecule has 1 aliphatic heterocycles. The van der Waals surface area contributed by atoms with Gasteiger partial charge in [-0.15, -0.1) is 0 Å². The van der Waals surface area contributed by atoms with Crippen molar-refractivity contribution < 1.29 is 14.6 Å². The first-order chi connectivity index (χ1) is 10.7. The van der Waals surface area contributed by atoms with E-state index in [2.05, 4.69) is 4.98 Å². The van der Waals surface area contributed by atoms with E-state index in [9.17, 15) is 9.90 Å². The van der Waals surface area contributed by atoms with Gasteiger partial charge in [0, 0.05) is 18.1 Å². The molecule has 0 bridgehead atoms. The first-order valence-corrected chi connectivity index (χ1v) is 7.65. The monoisotopic (exact) mass is 320 g/mol. The summed E-state index contributed by atoms with van der Waals surface area (Å²) < 4.78 is 5.65. The highest BCUT2D eigenvalue weighted by Crippen LogP contribution is 2.29. The highest BCUT2D eigenvalue weighted by molar-refractivity contribution is 6.35. The maximum atomic E-state index is 12.2. The van der Waals surface area contributed by atoms with Crippen molar-refractivity contribution in [1.29, 1.82) is 0 Å².